The highest BCUT2D eigenvalue weighted by molar-refractivity contribution is 5.71. The van der Waals surface area contributed by atoms with E-state index in [9.17, 15) is 9.90 Å². The van der Waals surface area contributed by atoms with E-state index < -0.39 is 11.7 Å². The van der Waals surface area contributed by atoms with E-state index in [2.05, 4.69) is 13.8 Å². The average Bonchev–Trinajstić information content (AvgIpc) is 2.01. The third-order valence-electron chi connectivity index (χ3n) is 2.30. The summed E-state index contributed by atoms with van der Waals surface area (Å²) in [7, 11) is 0. The molecule has 0 rings (SSSR count). The molecule has 1 atom stereocenters. The molecule has 1 N–H and O–H groups in total. The maximum Gasteiger partial charge on any atom is 0.310 e. The van der Waals surface area contributed by atoms with Crippen molar-refractivity contribution in [2.75, 3.05) is 0 Å². The van der Waals surface area contributed by atoms with Crippen molar-refractivity contribution in [3.8, 4) is 0 Å². The van der Waals surface area contributed by atoms with E-state index in [4.69, 9.17) is 4.74 Å². The molecule has 0 aromatic heterocycles. The van der Waals surface area contributed by atoms with Gasteiger partial charge in [-0.3, -0.25) is 4.79 Å². The molecule has 0 spiro atoms. The number of aliphatic hydroxyl groups is 1. The fourth-order valence-electron chi connectivity index (χ4n) is 1.56. The first kappa shape index (κ1) is 14.4. The van der Waals surface area contributed by atoms with E-state index in [1.807, 2.05) is 13.8 Å². The van der Waals surface area contributed by atoms with Gasteiger partial charge in [0.05, 0.1) is 5.92 Å². The maximum absolute atomic E-state index is 11.3. The van der Waals surface area contributed by atoms with E-state index in [0.29, 0.717) is 5.92 Å². The molecule has 15 heavy (non-hydrogen) atoms. The molecule has 3 nitrogen and oxygen atoms in total. The number of hydrogen-bond acceptors (Lipinski definition) is 3. The second-order valence-electron chi connectivity index (χ2n) is 5.53. The Morgan fingerprint density at radius 1 is 1.27 bits per heavy atom. The zero-order chi connectivity index (χ0) is 12.2. The molecule has 0 fully saturated rings. The Bertz CT molecular complexity index is 207. The average molecular weight is 216 g/mol. The van der Waals surface area contributed by atoms with Crippen LogP contribution in [0.3, 0.4) is 0 Å². The van der Waals surface area contributed by atoms with Crippen LogP contribution in [0.2, 0.25) is 0 Å². The van der Waals surface area contributed by atoms with Gasteiger partial charge in [-0.25, -0.2) is 0 Å². The molecule has 90 valence electrons. The fraction of sp³-hybridized carbons (Fsp3) is 0.917. The quantitative estimate of drug-likeness (QED) is 0.567. The lowest BCUT2D eigenvalue weighted by Gasteiger charge is -2.31. The molecular weight excluding hydrogens is 192 g/mol. The Morgan fingerprint density at radius 3 is 2.07 bits per heavy atom. The van der Waals surface area contributed by atoms with Crippen molar-refractivity contribution < 1.29 is 14.6 Å². The third kappa shape index (κ3) is 5.17. The SMILES string of the molecule is CC(C)CC(C)(C)C(O)OC(=O)C(C)C. The lowest BCUT2D eigenvalue weighted by atomic mass is 9.83. The van der Waals surface area contributed by atoms with Gasteiger partial charge in [0.15, 0.2) is 0 Å². The van der Waals surface area contributed by atoms with Crippen molar-refractivity contribution in [2.45, 2.75) is 54.3 Å². The van der Waals surface area contributed by atoms with Gasteiger partial charge in [-0.2, -0.15) is 0 Å². The predicted octanol–water partition coefficient (Wildman–Crippen LogP) is 2.58. The summed E-state index contributed by atoms with van der Waals surface area (Å²) >= 11 is 0. The van der Waals surface area contributed by atoms with Gasteiger partial charge >= 0.3 is 5.97 Å². The number of rotatable bonds is 5. The first-order valence-corrected chi connectivity index (χ1v) is 5.55. The summed E-state index contributed by atoms with van der Waals surface area (Å²) in [5.41, 5.74) is -0.390. The van der Waals surface area contributed by atoms with Gasteiger partial charge in [-0.05, 0) is 12.3 Å². The molecule has 0 bridgehead atoms. The molecule has 0 saturated heterocycles. The summed E-state index contributed by atoms with van der Waals surface area (Å²) in [4.78, 5) is 11.3. The lowest BCUT2D eigenvalue weighted by molar-refractivity contribution is -0.194. The van der Waals surface area contributed by atoms with Crippen molar-refractivity contribution in [3.63, 3.8) is 0 Å². The standard InChI is InChI=1S/C12H24O3/c1-8(2)7-12(5,6)11(14)15-10(13)9(3)4/h8-9,11,14H,7H2,1-6H3. The number of carbonyl (C=O) groups excluding carboxylic acids is 1. The molecule has 0 radical (unpaired) electrons. The van der Waals surface area contributed by atoms with E-state index in [1.54, 1.807) is 13.8 Å². The minimum absolute atomic E-state index is 0.200. The molecular formula is C12H24O3. The molecule has 0 heterocycles. The second-order valence-corrected chi connectivity index (χ2v) is 5.53. The molecule has 0 aromatic rings. The number of esters is 1. The van der Waals surface area contributed by atoms with Gasteiger partial charge in [0.25, 0.3) is 0 Å². The molecule has 0 aromatic carbocycles. The monoisotopic (exact) mass is 216 g/mol. The van der Waals surface area contributed by atoms with Crippen LogP contribution in [0.4, 0.5) is 0 Å². The van der Waals surface area contributed by atoms with Crippen LogP contribution >= 0.6 is 0 Å². The summed E-state index contributed by atoms with van der Waals surface area (Å²) in [6.45, 7) is 11.5. The first-order valence-electron chi connectivity index (χ1n) is 5.55. The molecule has 0 aliphatic carbocycles. The van der Waals surface area contributed by atoms with E-state index in [-0.39, 0.29) is 11.9 Å². The van der Waals surface area contributed by atoms with Crippen molar-refractivity contribution >= 4 is 5.97 Å². The number of hydrogen-bond donors (Lipinski definition) is 1. The van der Waals surface area contributed by atoms with E-state index >= 15 is 0 Å². The Hall–Kier alpha value is -0.570. The van der Waals surface area contributed by atoms with Crippen LogP contribution in [0.15, 0.2) is 0 Å². The van der Waals surface area contributed by atoms with Gasteiger partial charge in [0.1, 0.15) is 0 Å². The normalized spacial score (nSPS) is 14.5. The smallest absolute Gasteiger partial charge is 0.310 e. The van der Waals surface area contributed by atoms with Crippen molar-refractivity contribution in [3.05, 3.63) is 0 Å². The van der Waals surface area contributed by atoms with Gasteiger partial charge < -0.3 is 9.84 Å². The number of aliphatic hydroxyl groups excluding tert-OH is 1. The minimum Gasteiger partial charge on any atom is -0.435 e. The first-order chi connectivity index (χ1) is 6.66. The zero-order valence-electron chi connectivity index (χ0n) is 10.7. The number of ether oxygens (including phenoxy) is 1. The van der Waals surface area contributed by atoms with Crippen LogP contribution in [0.5, 0.6) is 0 Å². The van der Waals surface area contributed by atoms with E-state index in [0.717, 1.165) is 6.42 Å². The zero-order valence-corrected chi connectivity index (χ0v) is 10.7. The van der Waals surface area contributed by atoms with Crippen LogP contribution < -0.4 is 0 Å². The van der Waals surface area contributed by atoms with Gasteiger partial charge in [-0.1, -0.05) is 41.5 Å². The Kier molecular flexibility index (Phi) is 5.29. The predicted molar refractivity (Wildman–Crippen MR) is 60.2 cm³/mol. The van der Waals surface area contributed by atoms with Crippen LogP contribution in [0.1, 0.15) is 48.0 Å². The molecule has 0 aliphatic heterocycles. The highest BCUT2D eigenvalue weighted by Crippen LogP contribution is 2.30. The Morgan fingerprint density at radius 2 is 1.73 bits per heavy atom. The van der Waals surface area contributed by atoms with Crippen LogP contribution in [0.25, 0.3) is 0 Å². The summed E-state index contributed by atoms with van der Waals surface area (Å²) in [6.07, 6.45) is -0.200. The van der Waals surface area contributed by atoms with Gasteiger partial charge in [-0.15, -0.1) is 0 Å². The lowest BCUT2D eigenvalue weighted by Crippen LogP contribution is -2.35. The molecule has 1 unspecified atom stereocenters. The van der Waals surface area contributed by atoms with Crippen molar-refractivity contribution in [1.82, 2.24) is 0 Å². The highest BCUT2D eigenvalue weighted by Gasteiger charge is 2.32. The van der Waals surface area contributed by atoms with Crippen molar-refractivity contribution in [1.29, 1.82) is 0 Å². The van der Waals surface area contributed by atoms with Gasteiger partial charge in [0.2, 0.25) is 6.29 Å². The highest BCUT2D eigenvalue weighted by atomic mass is 16.6. The molecule has 0 aliphatic rings. The van der Waals surface area contributed by atoms with Gasteiger partial charge in [0, 0.05) is 5.41 Å². The summed E-state index contributed by atoms with van der Waals surface area (Å²) in [5.74, 6) is -0.0822. The summed E-state index contributed by atoms with van der Waals surface area (Å²) < 4.78 is 4.99. The fourth-order valence-corrected chi connectivity index (χ4v) is 1.56. The summed E-state index contributed by atoms with van der Waals surface area (Å²) in [5, 5.41) is 9.80. The number of carbonyl (C=O) groups is 1. The maximum atomic E-state index is 11.3. The molecule has 3 heteroatoms. The topological polar surface area (TPSA) is 46.5 Å². The molecule has 0 saturated carbocycles. The minimum atomic E-state index is -1.02. The largest absolute Gasteiger partial charge is 0.435 e. The summed E-state index contributed by atoms with van der Waals surface area (Å²) in [6, 6.07) is 0. The Labute approximate surface area is 92.8 Å². The Balaban J connectivity index is 4.30. The second kappa shape index (κ2) is 5.50. The molecule has 0 amide bonds. The van der Waals surface area contributed by atoms with Crippen LogP contribution in [-0.4, -0.2) is 17.4 Å². The van der Waals surface area contributed by atoms with Crippen molar-refractivity contribution in [2.24, 2.45) is 17.3 Å². The van der Waals surface area contributed by atoms with E-state index in [1.165, 1.54) is 0 Å². The third-order valence-corrected chi connectivity index (χ3v) is 2.30. The van der Waals surface area contributed by atoms with Crippen LogP contribution in [0, 0.1) is 17.3 Å². The van der Waals surface area contributed by atoms with Crippen LogP contribution in [-0.2, 0) is 9.53 Å².